The fourth-order valence-corrected chi connectivity index (χ4v) is 4.29. The molecule has 0 aromatic heterocycles. The van der Waals surface area contributed by atoms with Gasteiger partial charge < -0.3 is 10.6 Å². The lowest BCUT2D eigenvalue weighted by atomic mass is 10.0. The van der Waals surface area contributed by atoms with Gasteiger partial charge in [-0.25, -0.2) is 12.8 Å². The van der Waals surface area contributed by atoms with Crippen LogP contribution in [0.5, 0.6) is 0 Å². The predicted octanol–water partition coefficient (Wildman–Crippen LogP) is 1.17. The zero-order valence-electron chi connectivity index (χ0n) is 14.2. The van der Waals surface area contributed by atoms with Crippen LogP contribution in [0, 0.1) is 11.3 Å². The number of benzene rings is 1. The Kier molecular flexibility index (Phi) is 5.49. The van der Waals surface area contributed by atoms with Gasteiger partial charge in [-0.15, -0.1) is 0 Å². The van der Waals surface area contributed by atoms with Gasteiger partial charge in [-0.05, 0) is 19.4 Å². The van der Waals surface area contributed by atoms with Crippen molar-refractivity contribution in [3.63, 3.8) is 0 Å². The largest absolute Gasteiger partial charge is 0.322 e. The van der Waals surface area contributed by atoms with Crippen molar-refractivity contribution in [2.75, 3.05) is 6.54 Å². The number of carbonyl (C=O) groups excluding carboxylic acids is 1. The highest BCUT2D eigenvalue weighted by atomic mass is 32.2. The highest BCUT2D eigenvalue weighted by Gasteiger charge is 2.47. The van der Waals surface area contributed by atoms with Gasteiger partial charge in [0, 0.05) is 6.42 Å². The summed E-state index contributed by atoms with van der Waals surface area (Å²) in [7, 11) is -3.77. The SMILES string of the molecule is CC(C)(C(N)C(=O)N1C[C@@H](F)C[C@H]1C#N)S(=O)(=O)Cc1ccccc1. The number of likely N-dealkylation sites (tertiary alicyclic amines) is 1. The molecule has 8 heteroatoms. The van der Waals surface area contributed by atoms with Crippen LogP contribution in [0.1, 0.15) is 25.8 Å². The third kappa shape index (κ3) is 3.83. The topological polar surface area (TPSA) is 104 Å². The summed E-state index contributed by atoms with van der Waals surface area (Å²) in [5.74, 6) is -0.969. The summed E-state index contributed by atoms with van der Waals surface area (Å²) in [6, 6.07) is 8.16. The van der Waals surface area contributed by atoms with Crippen molar-refractivity contribution in [2.24, 2.45) is 5.73 Å². The van der Waals surface area contributed by atoms with E-state index in [1.165, 1.54) is 13.8 Å². The zero-order valence-corrected chi connectivity index (χ0v) is 15.0. The molecule has 1 aromatic carbocycles. The summed E-state index contributed by atoms with van der Waals surface area (Å²) >= 11 is 0. The van der Waals surface area contributed by atoms with Crippen molar-refractivity contribution in [3.05, 3.63) is 35.9 Å². The first-order chi connectivity index (χ1) is 11.6. The Hall–Kier alpha value is -1.98. The maximum Gasteiger partial charge on any atom is 0.242 e. The molecule has 1 amide bonds. The van der Waals surface area contributed by atoms with Crippen molar-refractivity contribution in [1.82, 2.24) is 4.90 Å². The van der Waals surface area contributed by atoms with Crippen LogP contribution in [0.2, 0.25) is 0 Å². The number of amides is 1. The number of carbonyl (C=O) groups is 1. The summed E-state index contributed by atoms with van der Waals surface area (Å²) in [4.78, 5) is 13.7. The fraction of sp³-hybridized carbons (Fsp3) is 0.529. The molecule has 0 radical (unpaired) electrons. The Labute approximate surface area is 147 Å². The quantitative estimate of drug-likeness (QED) is 0.841. The van der Waals surface area contributed by atoms with Gasteiger partial charge >= 0.3 is 0 Å². The molecule has 0 bridgehead atoms. The lowest BCUT2D eigenvalue weighted by Crippen LogP contribution is -2.59. The second-order valence-corrected chi connectivity index (χ2v) is 9.36. The van der Waals surface area contributed by atoms with Crippen LogP contribution in [-0.4, -0.2) is 48.8 Å². The minimum Gasteiger partial charge on any atom is -0.322 e. The molecular weight excluding hydrogens is 345 g/mol. The Balaban J connectivity index is 2.22. The smallest absolute Gasteiger partial charge is 0.242 e. The maximum absolute atomic E-state index is 13.5. The number of hydrogen-bond donors (Lipinski definition) is 1. The van der Waals surface area contributed by atoms with E-state index in [0.717, 1.165) is 4.90 Å². The van der Waals surface area contributed by atoms with Crippen molar-refractivity contribution >= 4 is 15.7 Å². The van der Waals surface area contributed by atoms with Gasteiger partial charge in [0.1, 0.15) is 18.3 Å². The number of sulfone groups is 1. The Morgan fingerprint density at radius 2 is 2.04 bits per heavy atom. The van der Waals surface area contributed by atoms with E-state index < -0.39 is 38.7 Å². The van der Waals surface area contributed by atoms with Crippen LogP contribution in [0.25, 0.3) is 0 Å². The molecule has 1 aliphatic rings. The van der Waals surface area contributed by atoms with Crippen LogP contribution in [0.15, 0.2) is 30.3 Å². The number of rotatable bonds is 5. The van der Waals surface area contributed by atoms with E-state index in [4.69, 9.17) is 11.0 Å². The number of hydrogen-bond acceptors (Lipinski definition) is 5. The number of halogens is 1. The second-order valence-electron chi connectivity index (χ2n) is 6.79. The van der Waals surface area contributed by atoms with Gasteiger partial charge in [0.05, 0.1) is 23.1 Å². The molecule has 6 nitrogen and oxygen atoms in total. The molecule has 1 heterocycles. The van der Waals surface area contributed by atoms with E-state index in [1.54, 1.807) is 30.3 Å². The lowest BCUT2D eigenvalue weighted by Gasteiger charge is -2.33. The molecule has 1 fully saturated rings. The molecule has 0 saturated carbocycles. The summed E-state index contributed by atoms with van der Waals surface area (Å²) in [6.45, 7) is 2.54. The molecule has 1 aromatic rings. The second kappa shape index (κ2) is 7.10. The Morgan fingerprint density at radius 1 is 1.44 bits per heavy atom. The summed E-state index contributed by atoms with van der Waals surface area (Å²) < 4.78 is 37.6. The third-order valence-corrected chi connectivity index (χ3v) is 7.27. The molecule has 0 spiro atoms. The van der Waals surface area contributed by atoms with Gasteiger partial charge in [0.15, 0.2) is 9.84 Å². The number of nitriles is 1. The van der Waals surface area contributed by atoms with Gasteiger partial charge in [0.2, 0.25) is 5.91 Å². The standard InChI is InChI=1S/C17H22FN3O3S/c1-17(2,25(23,24)11-12-6-4-3-5-7-12)15(20)16(22)21-10-13(18)8-14(21)9-19/h3-7,13-15H,8,10-11,20H2,1-2H3/t13-,14-,15?/m0/s1. The first kappa shape index (κ1) is 19.3. The molecule has 1 saturated heterocycles. The molecular formula is C17H22FN3O3S. The van der Waals surface area contributed by atoms with Gasteiger partial charge in [-0.2, -0.15) is 5.26 Å². The normalized spacial score (nSPS) is 22.4. The fourth-order valence-electron chi connectivity index (χ4n) is 2.80. The lowest BCUT2D eigenvalue weighted by molar-refractivity contribution is -0.133. The Bertz CT molecular complexity index is 774. The van der Waals surface area contributed by atoms with E-state index in [1.807, 2.05) is 6.07 Å². The van der Waals surface area contributed by atoms with Crippen LogP contribution < -0.4 is 5.73 Å². The molecule has 1 aliphatic heterocycles. The molecule has 136 valence electrons. The molecule has 2 N–H and O–H groups in total. The Morgan fingerprint density at radius 3 is 2.60 bits per heavy atom. The minimum atomic E-state index is -3.77. The predicted molar refractivity (Wildman–Crippen MR) is 91.7 cm³/mol. The third-order valence-electron chi connectivity index (χ3n) is 4.70. The first-order valence-corrected chi connectivity index (χ1v) is 9.61. The van der Waals surface area contributed by atoms with E-state index in [-0.39, 0.29) is 18.7 Å². The van der Waals surface area contributed by atoms with Gasteiger partial charge in [0.25, 0.3) is 0 Å². The molecule has 0 aliphatic carbocycles. The number of nitrogens with two attached hydrogens (primary N) is 1. The van der Waals surface area contributed by atoms with Crippen molar-refractivity contribution in [3.8, 4) is 6.07 Å². The average molecular weight is 367 g/mol. The monoisotopic (exact) mass is 367 g/mol. The summed E-state index contributed by atoms with van der Waals surface area (Å²) in [5.41, 5.74) is 6.57. The summed E-state index contributed by atoms with van der Waals surface area (Å²) in [6.07, 6.45) is -1.38. The van der Waals surface area contributed by atoms with E-state index in [9.17, 15) is 17.6 Å². The molecule has 2 rings (SSSR count). The first-order valence-electron chi connectivity index (χ1n) is 7.96. The molecule has 3 atom stereocenters. The van der Waals surface area contributed by atoms with Crippen molar-refractivity contribution in [2.45, 2.75) is 49.0 Å². The average Bonchev–Trinajstić information content (AvgIpc) is 2.94. The van der Waals surface area contributed by atoms with Crippen molar-refractivity contribution < 1.29 is 17.6 Å². The van der Waals surface area contributed by atoms with Crippen molar-refractivity contribution in [1.29, 1.82) is 5.26 Å². The number of nitrogens with zero attached hydrogens (tertiary/aromatic N) is 2. The van der Waals surface area contributed by atoms with E-state index in [2.05, 4.69) is 0 Å². The minimum absolute atomic E-state index is 0.0772. The highest BCUT2D eigenvalue weighted by molar-refractivity contribution is 7.92. The maximum atomic E-state index is 13.5. The zero-order chi connectivity index (χ0) is 18.8. The van der Waals surface area contributed by atoms with Crippen LogP contribution in [-0.2, 0) is 20.4 Å². The van der Waals surface area contributed by atoms with E-state index >= 15 is 0 Å². The van der Waals surface area contributed by atoms with Gasteiger partial charge in [-0.3, -0.25) is 4.79 Å². The summed E-state index contributed by atoms with van der Waals surface area (Å²) in [5, 5.41) is 9.07. The van der Waals surface area contributed by atoms with Gasteiger partial charge in [-0.1, -0.05) is 30.3 Å². The van der Waals surface area contributed by atoms with E-state index in [0.29, 0.717) is 5.56 Å². The number of alkyl halides is 1. The van der Waals surface area contributed by atoms with Crippen LogP contribution in [0.4, 0.5) is 4.39 Å². The van der Waals surface area contributed by atoms with Crippen LogP contribution >= 0.6 is 0 Å². The molecule has 25 heavy (non-hydrogen) atoms. The highest BCUT2D eigenvalue weighted by Crippen LogP contribution is 2.28. The molecule has 1 unspecified atom stereocenters. The van der Waals surface area contributed by atoms with Crippen LogP contribution in [0.3, 0.4) is 0 Å².